The van der Waals surface area contributed by atoms with Crippen LogP contribution in [0.15, 0.2) is 0 Å². The first-order chi connectivity index (χ1) is 4.73. The molecule has 0 heteroatoms. The van der Waals surface area contributed by atoms with E-state index in [-0.39, 0.29) is 14.9 Å². The quantitative estimate of drug-likeness (QED) is 0.428. The molecule has 0 aliphatic rings. The van der Waals surface area contributed by atoms with E-state index in [1.165, 1.54) is 0 Å². The van der Waals surface area contributed by atoms with Gasteiger partial charge in [0.2, 0.25) is 0 Å². The Labute approximate surface area is 83.8 Å². The highest BCUT2D eigenvalue weighted by atomic mass is 13.7. The van der Waals surface area contributed by atoms with Crippen LogP contribution in [0.5, 0.6) is 0 Å². The summed E-state index contributed by atoms with van der Waals surface area (Å²) < 4.78 is 0. The lowest BCUT2D eigenvalue weighted by Gasteiger charge is -1.79. The maximum absolute atomic E-state index is 2.17. The van der Waals surface area contributed by atoms with Gasteiger partial charge < -0.3 is 0 Å². The second kappa shape index (κ2) is 122. The number of hydrogen-bond acceptors (Lipinski definition) is 0. The van der Waals surface area contributed by atoms with Crippen molar-refractivity contribution in [1.29, 1.82) is 0 Å². The van der Waals surface area contributed by atoms with Crippen LogP contribution in [0.25, 0.3) is 0 Å². The van der Waals surface area contributed by atoms with E-state index < -0.39 is 0 Å². The van der Waals surface area contributed by atoms with E-state index in [4.69, 9.17) is 0 Å². The van der Waals surface area contributed by atoms with Crippen LogP contribution < -0.4 is 0 Å². The van der Waals surface area contributed by atoms with Crippen LogP contribution in [0.3, 0.4) is 0 Å². The van der Waals surface area contributed by atoms with Crippen molar-refractivity contribution >= 4 is 0 Å². The van der Waals surface area contributed by atoms with E-state index in [0.29, 0.717) is 0 Å². The molecule has 0 amide bonds. The summed E-state index contributed by atoms with van der Waals surface area (Å²) in [4.78, 5) is 0. The summed E-state index contributed by atoms with van der Waals surface area (Å²) in [7, 11) is 0. The van der Waals surface area contributed by atoms with Crippen LogP contribution in [-0.4, -0.2) is 0 Å². The van der Waals surface area contributed by atoms with E-state index in [9.17, 15) is 0 Å². The SMILES string of the molecule is C.C.CC.CC.CC.CC(C)C. The van der Waals surface area contributed by atoms with E-state index in [1.54, 1.807) is 0 Å². The van der Waals surface area contributed by atoms with Gasteiger partial charge in [-0.3, -0.25) is 0 Å². The van der Waals surface area contributed by atoms with Crippen LogP contribution in [0.1, 0.15) is 77.2 Å². The molecule has 0 nitrogen and oxygen atoms in total. The topological polar surface area (TPSA) is 0 Å². The molecule has 84 valence electrons. The predicted octanol–water partition coefficient (Wildman–Crippen LogP) is 6.01. The fourth-order valence-corrected chi connectivity index (χ4v) is 0. The number of hydrogen-bond donors (Lipinski definition) is 0. The third-order valence-electron chi connectivity index (χ3n) is 0. The van der Waals surface area contributed by atoms with Gasteiger partial charge in [-0.05, 0) is 5.92 Å². The largest absolute Gasteiger partial charge is 0.0776 e. The molecular formula is C12H36. The summed E-state index contributed by atoms with van der Waals surface area (Å²) in [5.74, 6) is 0.833. The van der Waals surface area contributed by atoms with Crippen molar-refractivity contribution in [2.24, 2.45) is 5.92 Å². The fourth-order valence-electron chi connectivity index (χ4n) is 0. The lowest BCUT2D eigenvalue weighted by molar-refractivity contribution is 0.737. The highest BCUT2D eigenvalue weighted by Crippen LogP contribution is 1.81. The second-order valence-corrected chi connectivity index (χ2v) is 1.73. The van der Waals surface area contributed by atoms with E-state index in [2.05, 4.69) is 20.8 Å². The standard InChI is InChI=1S/C4H10.3C2H6.2CH4/c1-4(2)3;3*1-2;;/h4H,1-3H3;3*1-2H3;2*1H4. The summed E-state index contributed by atoms with van der Waals surface area (Å²) in [6.07, 6.45) is 0. The lowest BCUT2D eigenvalue weighted by Crippen LogP contribution is -1.66. The molecule has 0 aliphatic heterocycles. The lowest BCUT2D eigenvalue weighted by atomic mass is 10.3. The van der Waals surface area contributed by atoms with E-state index in [0.717, 1.165) is 5.92 Å². The Morgan fingerprint density at radius 1 is 0.500 bits per heavy atom. The fraction of sp³-hybridized carbons (Fsp3) is 1.00. The molecule has 12 heavy (non-hydrogen) atoms. The van der Waals surface area contributed by atoms with Crippen LogP contribution >= 0.6 is 0 Å². The predicted molar refractivity (Wildman–Crippen MR) is 68.0 cm³/mol. The van der Waals surface area contributed by atoms with Crippen molar-refractivity contribution in [3.8, 4) is 0 Å². The Balaban J connectivity index is -0.0000000101. The van der Waals surface area contributed by atoms with Gasteiger partial charge in [0.05, 0.1) is 0 Å². The Kier molecular flexibility index (Phi) is 411. The minimum absolute atomic E-state index is 0. The second-order valence-electron chi connectivity index (χ2n) is 1.73. The third kappa shape index (κ3) is 0. The molecule has 0 saturated carbocycles. The minimum atomic E-state index is 0. The van der Waals surface area contributed by atoms with Gasteiger partial charge in [0.15, 0.2) is 0 Å². The first kappa shape index (κ1) is 40.3. The summed E-state index contributed by atoms with van der Waals surface area (Å²) in [5, 5.41) is 0. The zero-order valence-electron chi connectivity index (χ0n) is 9.58. The van der Waals surface area contributed by atoms with Crippen LogP contribution in [0.4, 0.5) is 0 Å². The average molecular weight is 180 g/mol. The highest BCUT2D eigenvalue weighted by Gasteiger charge is 1.68. The highest BCUT2D eigenvalue weighted by molar-refractivity contribution is 4.20. The molecule has 0 heterocycles. The Bertz CT molecular complexity index is 4.75. The van der Waals surface area contributed by atoms with Crippen molar-refractivity contribution in [2.75, 3.05) is 0 Å². The molecular weight excluding hydrogens is 144 g/mol. The molecule has 0 aliphatic carbocycles. The van der Waals surface area contributed by atoms with Crippen molar-refractivity contribution < 1.29 is 0 Å². The maximum atomic E-state index is 2.17. The summed E-state index contributed by atoms with van der Waals surface area (Å²) in [6.45, 7) is 18.5. The molecule has 0 aromatic rings. The van der Waals surface area contributed by atoms with Crippen molar-refractivity contribution in [1.82, 2.24) is 0 Å². The Morgan fingerprint density at radius 2 is 0.500 bits per heavy atom. The molecule has 0 N–H and O–H groups in total. The number of rotatable bonds is 0. The molecule has 0 saturated heterocycles. The van der Waals surface area contributed by atoms with Crippen LogP contribution in [-0.2, 0) is 0 Å². The molecule has 0 rings (SSSR count). The molecule has 0 fully saturated rings. The maximum Gasteiger partial charge on any atom is -0.0500 e. The molecule has 0 spiro atoms. The van der Waals surface area contributed by atoms with Crippen molar-refractivity contribution in [2.45, 2.75) is 77.2 Å². The zero-order valence-corrected chi connectivity index (χ0v) is 9.58. The molecule has 0 radical (unpaired) electrons. The smallest absolute Gasteiger partial charge is 0.0500 e. The molecule has 0 atom stereocenters. The van der Waals surface area contributed by atoms with Crippen molar-refractivity contribution in [3.63, 3.8) is 0 Å². The van der Waals surface area contributed by atoms with Crippen LogP contribution in [0, 0.1) is 5.92 Å². The molecule has 0 aromatic carbocycles. The van der Waals surface area contributed by atoms with Crippen LogP contribution in [0.2, 0.25) is 0 Å². The van der Waals surface area contributed by atoms with Gasteiger partial charge in [0, 0.05) is 0 Å². The Hall–Kier alpha value is 0. The van der Waals surface area contributed by atoms with E-state index >= 15 is 0 Å². The first-order valence-corrected chi connectivity index (χ1v) is 4.73. The van der Waals surface area contributed by atoms with Gasteiger partial charge in [-0.1, -0.05) is 77.2 Å². The Morgan fingerprint density at radius 3 is 0.500 bits per heavy atom. The normalized spacial score (nSPS) is 4.50. The van der Waals surface area contributed by atoms with Gasteiger partial charge in [-0.15, -0.1) is 0 Å². The molecule has 0 unspecified atom stereocenters. The molecule has 0 aromatic heterocycles. The molecule has 0 bridgehead atoms. The first-order valence-electron chi connectivity index (χ1n) is 4.73. The minimum Gasteiger partial charge on any atom is -0.0776 e. The summed E-state index contributed by atoms with van der Waals surface area (Å²) in [5.41, 5.74) is 0. The third-order valence-corrected chi connectivity index (χ3v) is 0. The van der Waals surface area contributed by atoms with Gasteiger partial charge in [-0.2, -0.15) is 0 Å². The summed E-state index contributed by atoms with van der Waals surface area (Å²) in [6, 6.07) is 0. The van der Waals surface area contributed by atoms with Gasteiger partial charge in [0.25, 0.3) is 0 Å². The zero-order chi connectivity index (χ0) is 9.58. The monoisotopic (exact) mass is 180 g/mol. The van der Waals surface area contributed by atoms with Gasteiger partial charge in [-0.25, -0.2) is 0 Å². The van der Waals surface area contributed by atoms with Gasteiger partial charge >= 0.3 is 0 Å². The van der Waals surface area contributed by atoms with Crippen molar-refractivity contribution in [3.05, 3.63) is 0 Å². The average Bonchev–Trinajstić information content (AvgIpc) is 1.98. The summed E-state index contributed by atoms with van der Waals surface area (Å²) >= 11 is 0. The van der Waals surface area contributed by atoms with Gasteiger partial charge in [0.1, 0.15) is 0 Å². The van der Waals surface area contributed by atoms with E-state index in [1.807, 2.05) is 41.5 Å².